The number of benzene rings is 1. The Hall–Kier alpha value is -2.76. The van der Waals surface area contributed by atoms with Crippen LogP contribution in [0.5, 0.6) is 0 Å². The lowest BCUT2D eigenvalue weighted by atomic mass is 10.1. The van der Waals surface area contributed by atoms with Crippen molar-refractivity contribution in [1.29, 1.82) is 0 Å². The first-order valence-electron chi connectivity index (χ1n) is 7.88. The maximum Gasteiger partial charge on any atom is 0.251 e. The van der Waals surface area contributed by atoms with Crippen LogP contribution in [-0.2, 0) is 4.79 Å². The van der Waals surface area contributed by atoms with Crippen LogP contribution in [-0.4, -0.2) is 34.8 Å². The van der Waals surface area contributed by atoms with Gasteiger partial charge in [0.2, 0.25) is 5.91 Å². The first-order valence-corrected chi connectivity index (χ1v) is 7.88. The molecule has 0 aliphatic carbocycles. The molecule has 1 atom stereocenters. The van der Waals surface area contributed by atoms with Gasteiger partial charge in [0.15, 0.2) is 0 Å². The van der Waals surface area contributed by atoms with Gasteiger partial charge in [-0.25, -0.2) is 4.39 Å². The molecule has 1 aliphatic rings. The van der Waals surface area contributed by atoms with Gasteiger partial charge in [0.05, 0.1) is 12.6 Å². The minimum atomic E-state index is -0.404. The number of pyridine rings is 1. The van der Waals surface area contributed by atoms with Gasteiger partial charge in [0.25, 0.3) is 5.91 Å². The standard InChI is InChI=1S/C18H18FN3O2/c19-15-7-5-13(6-8-15)18(24)21-12-17(23)22-10-2-4-16(22)14-3-1-9-20-11-14/h1,3,5-9,11,16H,2,4,10,12H2,(H,21,24). The van der Waals surface area contributed by atoms with E-state index in [1.54, 1.807) is 17.3 Å². The molecule has 0 spiro atoms. The van der Waals surface area contributed by atoms with E-state index in [0.29, 0.717) is 12.1 Å². The Labute approximate surface area is 139 Å². The number of hydrogen-bond acceptors (Lipinski definition) is 3. The summed E-state index contributed by atoms with van der Waals surface area (Å²) in [5, 5.41) is 2.60. The lowest BCUT2D eigenvalue weighted by Crippen LogP contribution is -2.39. The summed E-state index contributed by atoms with van der Waals surface area (Å²) in [5.74, 6) is -0.920. The predicted molar refractivity (Wildman–Crippen MR) is 86.7 cm³/mol. The van der Waals surface area contributed by atoms with Crippen molar-refractivity contribution in [1.82, 2.24) is 15.2 Å². The number of amides is 2. The predicted octanol–water partition coefficient (Wildman–Crippen LogP) is 2.31. The fourth-order valence-electron chi connectivity index (χ4n) is 2.95. The van der Waals surface area contributed by atoms with Crippen LogP contribution < -0.4 is 5.32 Å². The van der Waals surface area contributed by atoms with Gasteiger partial charge in [-0.15, -0.1) is 0 Å². The third-order valence-electron chi connectivity index (χ3n) is 4.15. The number of hydrogen-bond donors (Lipinski definition) is 1. The molecule has 0 bridgehead atoms. The van der Waals surface area contributed by atoms with Crippen molar-refractivity contribution < 1.29 is 14.0 Å². The van der Waals surface area contributed by atoms with E-state index in [9.17, 15) is 14.0 Å². The number of carbonyl (C=O) groups is 2. The normalized spacial score (nSPS) is 16.9. The average Bonchev–Trinajstić information content (AvgIpc) is 3.10. The lowest BCUT2D eigenvalue weighted by Gasteiger charge is -2.25. The molecule has 0 saturated carbocycles. The summed E-state index contributed by atoms with van der Waals surface area (Å²) in [6.07, 6.45) is 5.29. The zero-order valence-electron chi connectivity index (χ0n) is 13.1. The Balaban J connectivity index is 1.60. The number of carbonyl (C=O) groups excluding carboxylic acids is 2. The highest BCUT2D eigenvalue weighted by atomic mass is 19.1. The van der Waals surface area contributed by atoms with E-state index in [0.717, 1.165) is 18.4 Å². The maximum absolute atomic E-state index is 12.9. The Morgan fingerprint density at radius 3 is 2.75 bits per heavy atom. The molecule has 2 amide bonds. The molecule has 1 aliphatic heterocycles. The zero-order chi connectivity index (χ0) is 16.9. The van der Waals surface area contributed by atoms with Crippen molar-refractivity contribution in [2.45, 2.75) is 18.9 Å². The van der Waals surface area contributed by atoms with Gasteiger partial charge in [-0.3, -0.25) is 14.6 Å². The van der Waals surface area contributed by atoms with E-state index < -0.39 is 5.82 Å². The van der Waals surface area contributed by atoms with E-state index >= 15 is 0 Å². The van der Waals surface area contributed by atoms with Gasteiger partial charge >= 0.3 is 0 Å². The second-order valence-electron chi connectivity index (χ2n) is 5.72. The van der Waals surface area contributed by atoms with Crippen LogP contribution in [0.1, 0.15) is 34.8 Å². The van der Waals surface area contributed by atoms with Crippen LogP contribution in [0.3, 0.4) is 0 Å². The minimum absolute atomic E-state index is 0.00826. The van der Waals surface area contributed by atoms with Crippen LogP contribution >= 0.6 is 0 Å². The van der Waals surface area contributed by atoms with Crippen molar-refractivity contribution in [3.63, 3.8) is 0 Å². The zero-order valence-corrected chi connectivity index (χ0v) is 13.1. The third-order valence-corrected chi connectivity index (χ3v) is 4.15. The van der Waals surface area contributed by atoms with Crippen molar-refractivity contribution in [3.05, 3.63) is 65.7 Å². The first kappa shape index (κ1) is 16.1. The van der Waals surface area contributed by atoms with Gasteiger partial charge in [-0.05, 0) is 48.7 Å². The molecule has 3 rings (SSSR count). The van der Waals surface area contributed by atoms with E-state index in [-0.39, 0.29) is 24.4 Å². The fourth-order valence-corrected chi connectivity index (χ4v) is 2.95. The lowest BCUT2D eigenvalue weighted by molar-refractivity contribution is -0.131. The highest BCUT2D eigenvalue weighted by Gasteiger charge is 2.29. The largest absolute Gasteiger partial charge is 0.343 e. The Morgan fingerprint density at radius 1 is 1.25 bits per heavy atom. The summed E-state index contributed by atoms with van der Waals surface area (Å²) >= 11 is 0. The molecule has 1 saturated heterocycles. The summed E-state index contributed by atoms with van der Waals surface area (Å²) in [5.41, 5.74) is 1.34. The Bertz CT molecular complexity index is 719. The van der Waals surface area contributed by atoms with Crippen molar-refractivity contribution in [2.75, 3.05) is 13.1 Å². The van der Waals surface area contributed by atoms with Crippen LogP contribution in [0.2, 0.25) is 0 Å². The summed E-state index contributed by atoms with van der Waals surface area (Å²) in [7, 11) is 0. The molecule has 2 aromatic rings. The maximum atomic E-state index is 12.9. The molecule has 1 aromatic heterocycles. The van der Waals surface area contributed by atoms with Crippen molar-refractivity contribution in [3.8, 4) is 0 Å². The smallest absolute Gasteiger partial charge is 0.251 e. The summed E-state index contributed by atoms with van der Waals surface area (Å²) in [6.45, 7) is 0.595. The summed E-state index contributed by atoms with van der Waals surface area (Å²) in [6, 6.07) is 9.04. The topological polar surface area (TPSA) is 62.3 Å². The van der Waals surface area contributed by atoms with Crippen LogP contribution in [0.15, 0.2) is 48.8 Å². The molecule has 1 aromatic carbocycles. The quantitative estimate of drug-likeness (QED) is 0.937. The number of nitrogens with zero attached hydrogens (tertiary/aromatic N) is 2. The molecule has 1 N–H and O–H groups in total. The molecular weight excluding hydrogens is 309 g/mol. The molecule has 5 nitrogen and oxygen atoms in total. The first-order chi connectivity index (χ1) is 11.6. The van der Waals surface area contributed by atoms with E-state index in [1.807, 2.05) is 12.1 Å². The van der Waals surface area contributed by atoms with E-state index in [1.165, 1.54) is 24.3 Å². The Morgan fingerprint density at radius 2 is 2.04 bits per heavy atom. The molecular formula is C18H18FN3O2. The number of likely N-dealkylation sites (tertiary alicyclic amines) is 1. The molecule has 0 radical (unpaired) electrons. The van der Waals surface area contributed by atoms with Gasteiger partial charge in [-0.2, -0.15) is 0 Å². The molecule has 2 heterocycles. The SMILES string of the molecule is O=C(NCC(=O)N1CCCC1c1cccnc1)c1ccc(F)cc1. The molecule has 6 heteroatoms. The number of halogens is 1. The monoisotopic (exact) mass is 327 g/mol. The fraction of sp³-hybridized carbons (Fsp3) is 0.278. The Kier molecular flexibility index (Phi) is 4.84. The minimum Gasteiger partial charge on any atom is -0.343 e. The van der Waals surface area contributed by atoms with E-state index in [4.69, 9.17) is 0 Å². The van der Waals surface area contributed by atoms with Crippen molar-refractivity contribution in [2.24, 2.45) is 0 Å². The summed E-state index contributed by atoms with van der Waals surface area (Å²) < 4.78 is 12.9. The molecule has 1 unspecified atom stereocenters. The number of nitrogens with one attached hydrogen (secondary N) is 1. The molecule has 24 heavy (non-hydrogen) atoms. The number of aromatic nitrogens is 1. The van der Waals surface area contributed by atoms with Crippen LogP contribution in [0.4, 0.5) is 4.39 Å². The highest BCUT2D eigenvalue weighted by molar-refractivity contribution is 5.96. The third kappa shape index (κ3) is 3.59. The second kappa shape index (κ2) is 7.21. The molecule has 1 fully saturated rings. The van der Waals surface area contributed by atoms with Gasteiger partial charge in [0.1, 0.15) is 5.82 Å². The van der Waals surface area contributed by atoms with E-state index in [2.05, 4.69) is 10.3 Å². The van der Waals surface area contributed by atoms with Gasteiger partial charge < -0.3 is 10.2 Å². The number of rotatable bonds is 4. The van der Waals surface area contributed by atoms with Crippen molar-refractivity contribution >= 4 is 11.8 Å². The van der Waals surface area contributed by atoms with Crippen LogP contribution in [0, 0.1) is 5.82 Å². The average molecular weight is 327 g/mol. The highest BCUT2D eigenvalue weighted by Crippen LogP contribution is 2.31. The molecule has 124 valence electrons. The van der Waals surface area contributed by atoms with Gasteiger partial charge in [0, 0.05) is 24.5 Å². The van der Waals surface area contributed by atoms with Gasteiger partial charge in [-0.1, -0.05) is 6.07 Å². The van der Waals surface area contributed by atoms with Crippen LogP contribution in [0.25, 0.3) is 0 Å². The summed E-state index contributed by atoms with van der Waals surface area (Å²) in [4.78, 5) is 30.3. The second-order valence-corrected chi connectivity index (χ2v) is 5.72.